The van der Waals surface area contributed by atoms with E-state index in [-0.39, 0.29) is 17.3 Å². The third kappa shape index (κ3) is 4.24. The first-order valence-corrected chi connectivity index (χ1v) is 11.7. The van der Waals surface area contributed by atoms with E-state index in [1.807, 2.05) is 42.5 Å². The predicted molar refractivity (Wildman–Crippen MR) is 114 cm³/mol. The van der Waals surface area contributed by atoms with Crippen molar-refractivity contribution in [3.05, 3.63) is 66.2 Å². The minimum atomic E-state index is -3.73. The summed E-state index contributed by atoms with van der Waals surface area (Å²) in [6.45, 7) is 0.579. The molecule has 4 rings (SSSR count). The highest BCUT2D eigenvalue weighted by atomic mass is 32.2. The molecule has 150 valence electrons. The first-order chi connectivity index (χ1) is 14.1. The van der Waals surface area contributed by atoms with Gasteiger partial charge in [0.05, 0.1) is 10.8 Å². The van der Waals surface area contributed by atoms with Crippen LogP contribution in [0, 0.1) is 5.92 Å². The molecule has 1 atom stereocenters. The number of carbonyl (C=O) groups excluding carboxylic acids is 1. The zero-order valence-corrected chi connectivity index (χ0v) is 17.3. The Balaban J connectivity index is 1.59. The van der Waals surface area contributed by atoms with Crippen LogP contribution in [-0.4, -0.2) is 36.7 Å². The summed E-state index contributed by atoms with van der Waals surface area (Å²) in [5.41, 5.74) is 1.52. The van der Waals surface area contributed by atoms with Crippen molar-refractivity contribution >= 4 is 32.4 Å². The molecular formula is C21H21N3O3S2. The van der Waals surface area contributed by atoms with Gasteiger partial charge in [0.25, 0.3) is 0 Å². The van der Waals surface area contributed by atoms with Gasteiger partial charge in [-0.15, -0.1) is 11.3 Å². The van der Waals surface area contributed by atoms with Crippen LogP contribution in [0.2, 0.25) is 0 Å². The molecule has 2 aromatic carbocycles. The molecule has 0 aliphatic carbocycles. The maximum atomic E-state index is 13.5. The number of nitrogens with zero attached hydrogens (tertiary/aromatic N) is 2. The van der Waals surface area contributed by atoms with Crippen molar-refractivity contribution in [2.24, 2.45) is 5.92 Å². The van der Waals surface area contributed by atoms with E-state index in [0.29, 0.717) is 30.1 Å². The molecule has 1 aromatic heterocycles. The van der Waals surface area contributed by atoms with E-state index in [9.17, 15) is 13.2 Å². The largest absolute Gasteiger partial charge is 0.302 e. The highest BCUT2D eigenvalue weighted by molar-refractivity contribution is 7.89. The monoisotopic (exact) mass is 427 g/mol. The summed E-state index contributed by atoms with van der Waals surface area (Å²) in [4.78, 5) is 16.9. The molecule has 1 aliphatic heterocycles. The van der Waals surface area contributed by atoms with E-state index in [1.54, 1.807) is 23.7 Å². The quantitative estimate of drug-likeness (QED) is 0.671. The van der Waals surface area contributed by atoms with Crippen LogP contribution in [0.5, 0.6) is 0 Å². The number of amides is 1. The average Bonchev–Trinajstić information content (AvgIpc) is 3.27. The molecular weight excluding hydrogens is 406 g/mol. The number of carbonyl (C=O) groups is 1. The van der Waals surface area contributed by atoms with Crippen molar-refractivity contribution in [2.75, 3.05) is 18.4 Å². The number of thiazole rings is 1. The Hall–Kier alpha value is -2.55. The van der Waals surface area contributed by atoms with Gasteiger partial charge >= 0.3 is 0 Å². The number of aromatic nitrogens is 1. The van der Waals surface area contributed by atoms with Gasteiger partial charge in [-0.1, -0.05) is 48.5 Å². The molecule has 8 heteroatoms. The first kappa shape index (κ1) is 19.8. The van der Waals surface area contributed by atoms with Crippen LogP contribution in [0.3, 0.4) is 0 Å². The van der Waals surface area contributed by atoms with Gasteiger partial charge in [-0.25, -0.2) is 13.4 Å². The van der Waals surface area contributed by atoms with E-state index in [0.717, 1.165) is 5.56 Å². The molecule has 29 heavy (non-hydrogen) atoms. The van der Waals surface area contributed by atoms with Crippen LogP contribution in [0.4, 0.5) is 5.13 Å². The topological polar surface area (TPSA) is 79.4 Å². The normalized spacial score (nSPS) is 17.7. The summed E-state index contributed by atoms with van der Waals surface area (Å²) in [7, 11) is -3.73. The number of hydrogen-bond donors (Lipinski definition) is 1. The Bertz CT molecular complexity index is 1080. The lowest BCUT2D eigenvalue weighted by Gasteiger charge is -2.31. The molecule has 1 aliphatic rings. The molecule has 6 nitrogen and oxygen atoms in total. The molecule has 1 amide bonds. The molecule has 0 spiro atoms. The molecule has 1 unspecified atom stereocenters. The Morgan fingerprint density at radius 2 is 1.86 bits per heavy atom. The van der Waals surface area contributed by atoms with E-state index >= 15 is 0 Å². The number of sulfonamides is 1. The molecule has 1 saturated heterocycles. The van der Waals surface area contributed by atoms with Crippen LogP contribution in [0.15, 0.2) is 71.1 Å². The van der Waals surface area contributed by atoms with Crippen LogP contribution in [0.1, 0.15) is 12.8 Å². The number of benzene rings is 2. The second kappa shape index (κ2) is 8.44. The van der Waals surface area contributed by atoms with Gasteiger partial charge in [-0.2, -0.15) is 4.31 Å². The first-order valence-electron chi connectivity index (χ1n) is 9.40. The summed E-state index contributed by atoms with van der Waals surface area (Å²) in [6.07, 6.45) is 2.92. The maximum Gasteiger partial charge on any atom is 0.243 e. The van der Waals surface area contributed by atoms with Crippen LogP contribution < -0.4 is 5.32 Å². The summed E-state index contributed by atoms with van der Waals surface area (Å²) >= 11 is 1.34. The standard InChI is InChI=1S/C21H21N3O3S2/c25-20(23-21-22-12-14-28-21)17-9-6-13-24(15-17)29(26,27)19-11-5-4-10-18(19)16-7-2-1-3-8-16/h1-5,7-8,10-12,14,17H,6,9,13,15H2,(H,22,23,25). The summed E-state index contributed by atoms with van der Waals surface area (Å²) in [5.74, 6) is -0.581. The van der Waals surface area contributed by atoms with Gasteiger partial charge in [-0.05, 0) is 24.5 Å². The van der Waals surface area contributed by atoms with Gasteiger partial charge in [-0.3, -0.25) is 4.79 Å². The number of piperidine rings is 1. The number of anilines is 1. The van der Waals surface area contributed by atoms with Crippen molar-refractivity contribution in [3.63, 3.8) is 0 Å². The summed E-state index contributed by atoms with van der Waals surface area (Å²) < 4.78 is 28.3. The molecule has 3 aromatic rings. The van der Waals surface area contributed by atoms with Crippen molar-refractivity contribution in [2.45, 2.75) is 17.7 Å². The number of hydrogen-bond acceptors (Lipinski definition) is 5. The van der Waals surface area contributed by atoms with E-state index in [4.69, 9.17) is 0 Å². The van der Waals surface area contributed by atoms with E-state index < -0.39 is 15.9 Å². The number of rotatable bonds is 5. The molecule has 0 saturated carbocycles. The van der Waals surface area contributed by atoms with Crippen LogP contribution >= 0.6 is 11.3 Å². The Morgan fingerprint density at radius 3 is 2.62 bits per heavy atom. The fourth-order valence-corrected chi connectivity index (χ4v) is 5.82. The third-order valence-electron chi connectivity index (χ3n) is 5.01. The highest BCUT2D eigenvalue weighted by Crippen LogP contribution is 2.31. The fraction of sp³-hybridized carbons (Fsp3) is 0.238. The van der Waals surface area contributed by atoms with Gasteiger partial charge in [0.1, 0.15) is 0 Å². The fourth-order valence-electron chi connectivity index (χ4n) is 3.55. The minimum Gasteiger partial charge on any atom is -0.302 e. The van der Waals surface area contributed by atoms with E-state index in [2.05, 4.69) is 10.3 Å². The van der Waals surface area contributed by atoms with Crippen molar-refractivity contribution in [1.29, 1.82) is 0 Å². The van der Waals surface area contributed by atoms with Gasteiger partial charge in [0.15, 0.2) is 5.13 Å². The highest BCUT2D eigenvalue weighted by Gasteiger charge is 2.34. The molecule has 0 bridgehead atoms. The minimum absolute atomic E-state index is 0.169. The molecule has 1 N–H and O–H groups in total. The molecule has 2 heterocycles. The lowest BCUT2D eigenvalue weighted by Crippen LogP contribution is -2.43. The molecule has 1 fully saturated rings. The smallest absolute Gasteiger partial charge is 0.243 e. The predicted octanol–water partition coefficient (Wildman–Crippen LogP) is 3.85. The SMILES string of the molecule is O=C(Nc1nccs1)C1CCCN(S(=O)(=O)c2ccccc2-c2ccccc2)C1. The summed E-state index contributed by atoms with van der Waals surface area (Å²) in [6, 6.07) is 16.5. The molecule has 0 radical (unpaired) electrons. The van der Waals surface area contributed by atoms with Crippen LogP contribution in [0.25, 0.3) is 11.1 Å². The summed E-state index contributed by atoms with van der Waals surface area (Å²) in [5, 5.41) is 5.10. The van der Waals surface area contributed by atoms with Gasteiger partial charge in [0.2, 0.25) is 15.9 Å². The van der Waals surface area contributed by atoms with Crippen molar-refractivity contribution in [1.82, 2.24) is 9.29 Å². The maximum absolute atomic E-state index is 13.5. The lowest BCUT2D eigenvalue weighted by molar-refractivity contribution is -0.120. The van der Waals surface area contributed by atoms with Gasteiger partial charge < -0.3 is 5.32 Å². The zero-order chi connectivity index (χ0) is 20.3. The Kier molecular flexibility index (Phi) is 5.75. The lowest BCUT2D eigenvalue weighted by atomic mass is 9.99. The third-order valence-corrected chi connectivity index (χ3v) is 7.62. The zero-order valence-electron chi connectivity index (χ0n) is 15.7. The van der Waals surface area contributed by atoms with Gasteiger partial charge in [0, 0.05) is 30.2 Å². The number of nitrogens with one attached hydrogen (secondary N) is 1. The van der Waals surface area contributed by atoms with Crippen molar-refractivity contribution < 1.29 is 13.2 Å². The van der Waals surface area contributed by atoms with Crippen LogP contribution in [-0.2, 0) is 14.8 Å². The Labute approximate surface area is 174 Å². The van der Waals surface area contributed by atoms with Crippen molar-refractivity contribution in [3.8, 4) is 11.1 Å². The van der Waals surface area contributed by atoms with E-state index in [1.165, 1.54) is 15.6 Å². The Morgan fingerprint density at radius 1 is 1.10 bits per heavy atom. The second-order valence-corrected chi connectivity index (χ2v) is 9.69. The second-order valence-electron chi connectivity index (χ2n) is 6.89. The average molecular weight is 428 g/mol.